The summed E-state index contributed by atoms with van der Waals surface area (Å²) >= 11 is 3.41. The van der Waals surface area contributed by atoms with Crippen molar-refractivity contribution in [3.63, 3.8) is 0 Å². The number of nitrogens with zero attached hydrogens (tertiary/aromatic N) is 1. The van der Waals surface area contributed by atoms with E-state index in [9.17, 15) is 4.79 Å². The highest BCUT2D eigenvalue weighted by Gasteiger charge is 2.56. The van der Waals surface area contributed by atoms with Gasteiger partial charge in [-0.25, -0.2) is 0 Å². The molecule has 0 radical (unpaired) electrons. The third-order valence-corrected chi connectivity index (χ3v) is 7.10. The second-order valence-corrected chi connectivity index (χ2v) is 8.81. The maximum atomic E-state index is 11.4. The number of carbonyl (C=O) groups is 1. The Balaban J connectivity index is 1.51. The minimum Gasteiger partial charge on any atom is -0.366 e. The van der Waals surface area contributed by atoms with E-state index in [4.69, 9.17) is 5.73 Å². The molecule has 128 valence electrons. The Morgan fingerprint density at radius 3 is 2.83 bits per heavy atom. The van der Waals surface area contributed by atoms with E-state index in [1.54, 1.807) is 22.7 Å². The SMILES string of the molecule is NC(=O)c1csc(CN(Cc2ccsc2)C2CC23CCNCC3)c1. The maximum Gasteiger partial charge on any atom is 0.249 e. The molecule has 4 nitrogen and oxygen atoms in total. The van der Waals surface area contributed by atoms with E-state index in [0.717, 1.165) is 26.2 Å². The highest BCUT2D eigenvalue weighted by molar-refractivity contribution is 7.10. The molecule has 1 aliphatic heterocycles. The van der Waals surface area contributed by atoms with Crippen LogP contribution in [-0.2, 0) is 13.1 Å². The van der Waals surface area contributed by atoms with E-state index < -0.39 is 0 Å². The molecule has 3 heterocycles. The standard InChI is InChI=1S/C18H23N3OS2/c19-17(22)14-7-15(24-12-14)10-21(9-13-1-6-23-11-13)16-8-18(16)2-4-20-5-3-18/h1,6-7,11-12,16,20H,2-5,8-10H2,(H2,19,22). The fraction of sp³-hybridized carbons (Fsp3) is 0.500. The summed E-state index contributed by atoms with van der Waals surface area (Å²) < 4.78 is 0. The number of amides is 1. The maximum absolute atomic E-state index is 11.4. The van der Waals surface area contributed by atoms with Gasteiger partial charge in [0.15, 0.2) is 0 Å². The first-order chi connectivity index (χ1) is 11.7. The van der Waals surface area contributed by atoms with Crippen LogP contribution in [0, 0.1) is 5.41 Å². The van der Waals surface area contributed by atoms with Crippen LogP contribution >= 0.6 is 22.7 Å². The molecule has 2 fully saturated rings. The zero-order valence-corrected chi connectivity index (χ0v) is 15.3. The van der Waals surface area contributed by atoms with Gasteiger partial charge in [0.1, 0.15) is 0 Å². The summed E-state index contributed by atoms with van der Waals surface area (Å²) in [7, 11) is 0. The molecule has 1 saturated heterocycles. The molecular weight excluding hydrogens is 338 g/mol. The Morgan fingerprint density at radius 1 is 1.33 bits per heavy atom. The molecular formula is C18H23N3OS2. The van der Waals surface area contributed by atoms with Crippen molar-refractivity contribution in [3.05, 3.63) is 44.3 Å². The van der Waals surface area contributed by atoms with E-state index in [1.807, 2.05) is 11.4 Å². The van der Waals surface area contributed by atoms with Crippen LogP contribution in [0.2, 0.25) is 0 Å². The summed E-state index contributed by atoms with van der Waals surface area (Å²) in [5, 5.41) is 9.76. The smallest absolute Gasteiger partial charge is 0.249 e. The van der Waals surface area contributed by atoms with Gasteiger partial charge < -0.3 is 11.1 Å². The molecule has 2 aromatic rings. The number of nitrogens with two attached hydrogens (primary N) is 1. The van der Waals surface area contributed by atoms with Gasteiger partial charge in [-0.05, 0) is 66.2 Å². The fourth-order valence-electron chi connectivity index (χ4n) is 3.99. The number of rotatable bonds is 6. The number of nitrogens with one attached hydrogen (secondary N) is 1. The Bertz CT molecular complexity index is 704. The van der Waals surface area contributed by atoms with Gasteiger partial charge in [-0.2, -0.15) is 11.3 Å². The van der Waals surface area contributed by atoms with E-state index >= 15 is 0 Å². The van der Waals surface area contributed by atoms with Crippen molar-refractivity contribution in [2.45, 2.75) is 38.4 Å². The van der Waals surface area contributed by atoms with E-state index in [0.29, 0.717) is 17.0 Å². The van der Waals surface area contributed by atoms with Crippen LogP contribution in [0.5, 0.6) is 0 Å². The summed E-state index contributed by atoms with van der Waals surface area (Å²) in [4.78, 5) is 15.2. The zero-order valence-electron chi connectivity index (χ0n) is 13.7. The molecule has 4 rings (SSSR count). The number of thiophene rings is 2. The first kappa shape index (κ1) is 16.3. The molecule has 0 aromatic carbocycles. The Hall–Kier alpha value is -1.21. The van der Waals surface area contributed by atoms with Crippen molar-refractivity contribution in [2.75, 3.05) is 13.1 Å². The largest absolute Gasteiger partial charge is 0.366 e. The molecule has 1 aliphatic carbocycles. The van der Waals surface area contributed by atoms with Crippen LogP contribution in [0.4, 0.5) is 0 Å². The third kappa shape index (κ3) is 3.28. The Kier molecular flexibility index (Phi) is 4.47. The van der Waals surface area contributed by atoms with E-state index in [-0.39, 0.29) is 5.91 Å². The van der Waals surface area contributed by atoms with Crippen molar-refractivity contribution in [3.8, 4) is 0 Å². The molecule has 0 bridgehead atoms. The predicted octanol–water partition coefficient (Wildman–Crippen LogP) is 3.05. The van der Waals surface area contributed by atoms with Crippen LogP contribution in [-0.4, -0.2) is 29.9 Å². The zero-order chi connectivity index (χ0) is 16.6. The molecule has 1 atom stereocenters. The average molecular weight is 362 g/mol. The molecule has 24 heavy (non-hydrogen) atoms. The van der Waals surface area contributed by atoms with Crippen molar-refractivity contribution in [1.29, 1.82) is 0 Å². The first-order valence-electron chi connectivity index (χ1n) is 8.49. The molecule has 1 amide bonds. The Morgan fingerprint density at radius 2 is 2.17 bits per heavy atom. The number of hydrogen-bond donors (Lipinski definition) is 2. The third-order valence-electron chi connectivity index (χ3n) is 5.45. The summed E-state index contributed by atoms with van der Waals surface area (Å²) in [5.41, 5.74) is 7.95. The molecule has 1 unspecified atom stereocenters. The molecule has 2 aromatic heterocycles. The quantitative estimate of drug-likeness (QED) is 0.831. The lowest BCUT2D eigenvalue weighted by molar-refractivity contribution is 0.100. The monoisotopic (exact) mass is 361 g/mol. The van der Waals surface area contributed by atoms with Crippen molar-refractivity contribution in [2.24, 2.45) is 11.1 Å². The second-order valence-electron chi connectivity index (χ2n) is 7.03. The fourth-order valence-corrected chi connectivity index (χ4v) is 5.55. The van der Waals surface area contributed by atoms with Gasteiger partial charge in [0.05, 0.1) is 5.56 Å². The van der Waals surface area contributed by atoms with Crippen LogP contribution in [0.1, 0.15) is 40.1 Å². The van der Waals surface area contributed by atoms with Crippen molar-refractivity contribution < 1.29 is 4.79 Å². The number of primary amides is 1. The highest BCUT2D eigenvalue weighted by atomic mass is 32.1. The van der Waals surface area contributed by atoms with Gasteiger partial charge in [0, 0.05) is 29.4 Å². The van der Waals surface area contributed by atoms with Crippen LogP contribution < -0.4 is 11.1 Å². The van der Waals surface area contributed by atoms with Crippen LogP contribution in [0.3, 0.4) is 0 Å². The van der Waals surface area contributed by atoms with Crippen molar-refractivity contribution in [1.82, 2.24) is 10.2 Å². The number of piperidine rings is 1. The van der Waals surface area contributed by atoms with Gasteiger partial charge in [0.2, 0.25) is 5.91 Å². The number of hydrogen-bond acceptors (Lipinski definition) is 5. The summed E-state index contributed by atoms with van der Waals surface area (Å²) in [6.45, 7) is 4.20. The van der Waals surface area contributed by atoms with E-state index in [1.165, 1.54) is 29.7 Å². The molecule has 2 aliphatic rings. The van der Waals surface area contributed by atoms with Crippen molar-refractivity contribution >= 4 is 28.6 Å². The predicted molar refractivity (Wildman–Crippen MR) is 99.3 cm³/mol. The second kappa shape index (κ2) is 6.59. The molecule has 3 N–H and O–H groups in total. The minimum atomic E-state index is -0.330. The van der Waals surface area contributed by atoms with E-state index in [2.05, 4.69) is 27.0 Å². The lowest BCUT2D eigenvalue weighted by atomic mass is 9.93. The normalized spacial score (nSPS) is 22.1. The molecule has 1 spiro atoms. The number of carbonyl (C=O) groups excluding carboxylic acids is 1. The molecule has 1 saturated carbocycles. The first-order valence-corrected chi connectivity index (χ1v) is 10.3. The van der Waals surface area contributed by atoms with Gasteiger partial charge >= 0.3 is 0 Å². The topological polar surface area (TPSA) is 58.4 Å². The van der Waals surface area contributed by atoms with Crippen LogP contribution in [0.15, 0.2) is 28.3 Å². The highest BCUT2D eigenvalue weighted by Crippen LogP contribution is 2.56. The van der Waals surface area contributed by atoms with Gasteiger partial charge in [-0.15, -0.1) is 11.3 Å². The molecule has 6 heteroatoms. The summed E-state index contributed by atoms with van der Waals surface area (Å²) in [6, 6.07) is 4.85. The van der Waals surface area contributed by atoms with Gasteiger partial charge in [0.25, 0.3) is 0 Å². The lowest BCUT2D eigenvalue weighted by Gasteiger charge is -2.29. The lowest BCUT2D eigenvalue weighted by Crippen LogP contribution is -2.35. The average Bonchev–Trinajstić information content (AvgIpc) is 3.00. The summed E-state index contributed by atoms with van der Waals surface area (Å²) in [6.07, 6.45) is 3.89. The van der Waals surface area contributed by atoms with Crippen LogP contribution in [0.25, 0.3) is 0 Å². The van der Waals surface area contributed by atoms with Gasteiger partial charge in [-0.1, -0.05) is 0 Å². The van der Waals surface area contributed by atoms with Gasteiger partial charge in [-0.3, -0.25) is 9.69 Å². The minimum absolute atomic E-state index is 0.330. The Labute approximate surface area is 150 Å². The summed E-state index contributed by atoms with van der Waals surface area (Å²) in [5.74, 6) is -0.330.